The zero-order valence-corrected chi connectivity index (χ0v) is 28.1. The number of rotatable bonds is 10. The minimum absolute atomic E-state index is 0.843. The van der Waals surface area contributed by atoms with E-state index in [1.54, 1.807) is 0 Å². The topological polar surface area (TPSA) is 14.2 Å². The highest BCUT2D eigenvalue weighted by molar-refractivity contribution is 5.71. The van der Waals surface area contributed by atoms with E-state index in [0.717, 1.165) is 13.1 Å². The summed E-state index contributed by atoms with van der Waals surface area (Å²) in [4.78, 5) is 5.02. The molecule has 0 radical (unpaired) electrons. The van der Waals surface area contributed by atoms with Crippen molar-refractivity contribution in [1.82, 2.24) is 0 Å². The van der Waals surface area contributed by atoms with Gasteiger partial charge in [-0.25, -0.2) is 9.13 Å². The minimum atomic E-state index is 0.843. The van der Waals surface area contributed by atoms with E-state index >= 15 is 0 Å². The van der Waals surface area contributed by atoms with Gasteiger partial charge in [0.2, 0.25) is 0 Å². The first kappa shape index (κ1) is 31.6. The summed E-state index contributed by atoms with van der Waals surface area (Å²) in [5, 5.41) is 0. The van der Waals surface area contributed by atoms with Crippen LogP contribution < -0.4 is 18.9 Å². The van der Waals surface area contributed by atoms with Crippen LogP contribution in [0.3, 0.4) is 0 Å². The standard InChI is InChI=1S/C44H48N4/c1-5-27-47(28-6-1)43-19-15-37(16-20-43)11-13-39-23-31-45(32-24-39)35-41-9-3-4-10-42(41)36-46-33-25-40(26-34-46)14-12-38-17-21-44(22-18-38)48-29-7-2-8-30-48/h3-4,9-26,31-34H,1-2,5-8,27-30,35-36H2/q+2. The lowest BCUT2D eigenvalue weighted by molar-refractivity contribution is -0.693. The first-order valence-corrected chi connectivity index (χ1v) is 17.9. The maximum absolute atomic E-state index is 2.51. The van der Waals surface area contributed by atoms with Gasteiger partial charge in [-0.1, -0.05) is 72.8 Å². The van der Waals surface area contributed by atoms with Gasteiger partial charge in [0.15, 0.2) is 37.9 Å². The number of nitrogens with zero attached hydrogens (tertiary/aromatic N) is 4. The molecule has 0 aliphatic carbocycles. The molecule has 4 heterocycles. The minimum Gasteiger partial charge on any atom is -0.372 e. The lowest BCUT2D eigenvalue weighted by Crippen LogP contribution is -2.36. The van der Waals surface area contributed by atoms with Crippen molar-refractivity contribution in [3.63, 3.8) is 0 Å². The first-order chi connectivity index (χ1) is 23.7. The van der Waals surface area contributed by atoms with Gasteiger partial charge in [-0.05, 0) is 85.0 Å². The highest BCUT2D eigenvalue weighted by atomic mass is 15.1. The van der Waals surface area contributed by atoms with Gasteiger partial charge >= 0.3 is 0 Å². The van der Waals surface area contributed by atoms with Gasteiger partial charge in [0.1, 0.15) is 0 Å². The smallest absolute Gasteiger partial charge is 0.174 e. The van der Waals surface area contributed by atoms with Crippen LogP contribution in [-0.2, 0) is 13.1 Å². The van der Waals surface area contributed by atoms with Crippen molar-refractivity contribution in [2.45, 2.75) is 51.6 Å². The first-order valence-electron chi connectivity index (χ1n) is 17.9. The van der Waals surface area contributed by atoms with Crippen LogP contribution in [0.5, 0.6) is 0 Å². The van der Waals surface area contributed by atoms with Gasteiger partial charge in [0.05, 0.1) is 0 Å². The van der Waals surface area contributed by atoms with Crippen molar-refractivity contribution in [3.8, 4) is 0 Å². The zero-order valence-electron chi connectivity index (χ0n) is 28.1. The van der Waals surface area contributed by atoms with Crippen LogP contribution in [0.25, 0.3) is 24.3 Å². The molecule has 242 valence electrons. The van der Waals surface area contributed by atoms with E-state index in [0.29, 0.717) is 0 Å². The SMILES string of the molecule is C(=C\c1cc[n+](Cc2ccccc2C[n+]2ccc(/C=C/c3ccc(N4CCCCC4)cc3)cc2)cc1)/c1ccc(N2CCCCC2)cc1. The van der Waals surface area contributed by atoms with Crippen LogP contribution in [-0.4, -0.2) is 26.2 Å². The Balaban J connectivity index is 0.932. The molecule has 2 aromatic heterocycles. The van der Waals surface area contributed by atoms with Gasteiger partial charge < -0.3 is 9.80 Å². The molecular formula is C44H48N4+2. The molecule has 0 bridgehead atoms. The Labute approximate surface area is 286 Å². The monoisotopic (exact) mass is 632 g/mol. The van der Waals surface area contributed by atoms with E-state index in [9.17, 15) is 0 Å². The molecule has 2 aliphatic heterocycles. The summed E-state index contributed by atoms with van der Waals surface area (Å²) in [5.41, 5.74) is 10.3. The number of anilines is 2. The molecule has 2 aliphatic rings. The van der Waals surface area contributed by atoms with Crippen LogP contribution in [0.4, 0.5) is 11.4 Å². The quantitative estimate of drug-likeness (QED) is 0.143. The third-order valence-electron chi connectivity index (χ3n) is 9.82. The Kier molecular flexibility index (Phi) is 10.4. The van der Waals surface area contributed by atoms with E-state index in [1.807, 2.05) is 0 Å². The highest BCUT2D eigenvalue weighted by Crippen LogP contribution is 2.22. The van der Waals surface area contributed by atoms with E-state index < -0.39 is 0 Å². The molecule has 7 rings (SSSR count). The van der Waals surface area contributed by atoms with Crippen LogP contribution in [0.15, 0.2) is 122 Å². The molecule has 2 saturated heterocycles. The molecule has 48 heavy (non-hydrogen) atoms. The second-order valence-corrected chi connectivity index (χ2v) is 13.3. The Morgan fingerprint density at radius 2 is 0.729 bits per heavy atom. The third-order valence-corrected chi connectivity index (χ3v) is 9.82. The summed E-state index contributed by atoms with van der Waals surface area (Å²) in [6.07, 6.45) is 25.5. The summed E-state index contributed by atoms with van der Waals surface area (Å²) in [7, 11) is 0. The van der Waals surface area contributed by atoms with E-state index in [2.05, 4.69) is 165 Å². The Morgan fingerprint density at radius 3 is 1.08 bits per heavy atom. The molecule has 4 nitrogen and oxygen atoms in total. The molecule has 4 heteroatoms. The van der Waals surface area contributed by atoms with Gasteiger partial charge in [-0.15, -0.1) is 0 Å². The summed E-state index contributed by atoms with van der Waals surface area (Å²) in [6.45, 7) is 6.42. The maximum Gasteiger partial charge on any atom is 0.174 e. The van der Waals surface area contributed by atoms with Crippen LogP contribution >= 0.6 is 0 Å². The average Bonchev–Trinajstić information content (AvgIpc) is 3.16. The Hall–Kier alpha value is -4.96. The Morgan fingerprint density at radius 1 is 0.396 bits per heavy atom. The molecule has 3 aromatic carbocycles. The molecule has 2 fully saturated rings. The number of piperidine rings is 2. The normalized spacial score (nSPS) is 15.4. The number of hydrogen-bond donors (Lipinski definition) is 0. The second-order valence-electron chi connectivity index (χ2n) is 13.3. The summed E-state index contributed by atoms with van der Waals surface area (Å²) >= 11 is 0. The van der Waals surface area contributed by atoms with Crippen LogP contribution in [0.2, 0.25) is 0 Å². The predicted molar refractivity (Wildman–Crippen MR) is 201 cm³/mol. The van der Waals surface area contributed by atoms with E-state index in [1.165, 1.54) is 109 Å². The fraction of sp³-hybridized carbons (Fsp3) is 0.273. The lowest BCUT2D eigenvalue weighted by Gasteiger charge is -2.28. The van der Waals surface area contributed by atoms with E-state index in [-0.39, 0.29) is 0 Å². The average molecular weight is 633 g/mol. The molecular weight excluding hydrogens is 585 g/mol. The number of hydrogen-bond acceptors (Lipinski definition) is 2. The Bertz CT molecular complexity index is 1650. The van der Waals surface area contributed by atoms with Gasteiger partial charge in [-0.3, -0.25) is 0 Å². The fourth-order valence-electron chi connectivity index (χ4n) is 6.91. The maximum atomic E-state index is 2.51. The third kappa shape index (κ3) is 8.49. The van der Waals surface area contributed by atoms with Crippen molar-refractivity contribution < 1.29 is 9.13 Å². The number of aromatic nitrogens is 2. The molecule has 0 N–H and O–H groups in total. The summed E-state index contributed by atoms with van der Waals surface area (Å²) < 4.78 is 4.53. The molecule has 0 amide bonds. The number of pyridine rings is 2. The lowest BCUT2D eigenvalue weighted by atomic mass is 10.1. The van der Waals surface area contributed by atoms with Gasteiger partial charge in [-0.2, -0.15) is 0 Å². The molecule has 0 unspecified atom stereocenters. The fourth-order valence-corrected chi connectivity index (χ4v) is 6.91. The summed E-state index contributed by atoms with van der Waals surface area (Å²) in [6, 6.07) is 35.6. The van der Waals surface area contributed by atoms with Gasteiger partial charge in [0, 0.05) is 72.9 Å². The van der Waals surface area contributed by atoms with Crippen molar-refractivity contribution in [1.29, 1.82) is 0 Å². The van der Waals surface area contributed by atoms with Crippen LogP contribution in [0.1, 0.15) is 71.9 Å². The molecule has 5 aromatic rings. The van der Waals surface area contributed by atoms with Crippen molar-refractivity contribution in [2.24, 2.45) is 0 Å². The number of benzene rings is 3. The summed E-state index contributed by atoms with van der Waals surface area (Å²) in [5.74, 6) is 0. The van der Waals surface area contributed by atoms with Crippen molar-refractivity contribution in [2.75, 3.05) is 36.0 Å². The zero-order chi connectivity index (χ0) is 32.4. The molecule has 0 spiro atoms. The van der Waals surface area contributed by atoms with Gasteiger partial charge in [0.25, 0.3) is 0 Å². The molecule has 0 atom stereocenters. The van der Waals surface area contributed by atoms with Crippen LogP contribution in [0, 0.1) is 0 Å². The largest absolute Gasteiger partial charge is 0.372 e. The van der Waals surface area contributed by atoms with Crippen molar-refractivity contribution in [3.05, 3.63) is 155 Å². The van der Waals surface area contributed by atoms with E-state index in [4.69, 9.17) is 0 Å². The van der Waals surface area contributed by atoms with Crippen molar-refractivity contribution >= 4 is 35.7 Å². The second kappa shape index (κ2) is 15.8. The predicted octanol–water partition coefficient (Wildman–Crippen LogP) is 8.68. The highest BCUT2D eigenvalue weighted by Gasteiger charge is 2.13. The molecule has 0 saturated carbocycles.